The first-order valence-electron chi connectivity index (χ1n) is 9.37. The molecule has 3 aliphatic heterocycles. The van der Waals surface area contributed by atoms with Crippen LogP contribution in [0.25, 0.3) is 0 Å². The molecule has 0 aliphatic carbocycles. The Hall–Kier alpha value is -1.26. The summed E-state index contributed by atoms with van der Waals surface area (Å²) >= 11 is 3.48. The van der Waals surface area contributed by atoms with Gasteiger partial charge < -0.3 is 14.2 Å². The summed E-state index contributed by atoms with van der Waals surface area (Å²) in [6.45, 7) is -0.786. The monoisotopic (exact) mass is 608 g/mol. The summed E-state index contributed by atoms with van der Waals surface area (Å²) in [6, 6.07) is 5.07. The fourth-order valence-corrected chi connectivity index (χ4v) is 6.74. The van der Waals surface area contributed by atoms with Crippen LogP contribution in [0.1, 0.15) is 29.6 Å². The van der Waals surface area contributed by atoms with Crippen LogP contribution in [-0.4, -0.2) is 59.2 Å². The zero-order valence-electron chi connectivity index (χ0n) is 16.0. The maximum absolute atomic E-state index is 13.5. The van der Waals surface area contributed by atoms with Gasteiger partial charge in [-0.2, -0.15) is 17.2 Å². The number of benzene rings is 1. The molecule has 0 amide bonds. The molecule has 176 valence electrons. The molecule has 1 aromatic rings. The van der Waals surface area contributed by atoms with Crippen molar-refractivity contribution in [2.24, 2.45) is 5.92 Å². The van der Waals surface area contributed by atoms with Crippen molar-refractivity contribution in [3.63, 3.8) is 0 Å². The van der Waals surface area contributed by atoms with Gasteiger partial charge in [0.2, 0.25) is 0 Å². The highest BCUT2D eigenvalue weighted by Crippen LogP contribution is 2.58. The summed E-state index contributed by atoms with van der Waals surface area (Å²) in [6.07, 6.45) is -3.89. The average Bonchev–Trinajstić information content (AvgIpc) is 3.24. The van der Waals surface area contributed by atoms with Gasteiger partial charge in [0.25, 0.3) is 5.79 Å². The van der Waals surface area contributed by atoms with Crippen LogP contribution in [-0.2, 0) is 24.4 Å². The third-order valence-corrected chi connectivity index (χ3v) is 8.91. The second-order valence-electron chi connectivity index (χ2n) is 7.61. The third-order valence-electron chi connectivity index (χ3n) is 5.57. The minimum atomic E-state index is -5.93. The van der Waals surface area contributed by atoms with Crippen molar-refractivity contribution in [2.75, 3.05) is 6.61 Å². The Labute approximate surface area is 198 Å². The molecule has 8 nitrogen and oxygen atoms in total. The zero-order valence-corrected chi connectivity index (χ0v) is 19.8. The van der Waals surface area contributed by atoms with Gasteiger partial charge in [0, 0.05) is 21.7 Å². The van der Waals surface area contributed by atoms with Crippen molar-refractivity contribution < 1.29 is 49.9 Å². The molecular formula is C18H16F3IO8S2. The molecule has 2 bridgehead atoms. The average molecular weight is 608 g/mol. The van der Waals surface area contributed by atoms with Gasteiger partial charge in [0.1, 0.15) is 11.3 Å². The van der Waals surface area contributed by atoms with E-state index in [1.54, 1.807) is 18.2 Å². The van der Waals surface area contributed by atoms with Crippen LogP contribution < -0.4 is 4.74 Å². The van der Waals surface area contributed by atoms with Gasteiger partial charge in [-0.25, -0.2) is 9.18 Å². The van der Waals surface area contributed by atoms with E-state index in [4.69, 9.17) is 18.8 Å². The molecule has 0 radical (unpaired) electrons. The normalized spacial score (nSPS) is 29.9. The van der Waals surface area contributed by atoms with Gasteiger partial charge >= 0.3 is 27.3 Å². The molecular weight excluding hydrogens is 592 g/mol. The summed E-state index contributed by atoms with van der Waals surface area (Å²) < 4.78 is 86.9. The summed E-state index contributed by atoms with van der Waals surface area (Å²) in [5.74, 6) is -2.74. The number of alkyl halides is 3. The van der Waals surface area contributed by atoms with Crippen LogP contribution in [0.5, 0.6) is 5.75 Å². The van der Waals surface area contributed by atoms with Crippen molar-refractivity contribution in [1.82, 2.24) is 0 Å². The molecule has 1 aromatic carbocycles. The number of thioether (sulfide) groups is 1. The van der Waals surface area contributed by atoms with E-state index in [0.29, 0.717) is 11.3 Å². The largest absolute Gasteiger partial charge is 0.465 e. The Morgan fingerprint density at radius 1 is 1.41 bits per heavy atom. The lowest BCUT2D eigenvalue weighted by molar-refractivity contribution is -0.172. The smallest absolute Gasteiger partial charge is 0.400 e. The van der Waals surface area contributed by atoms with E-state index in [9.17, 15) is 31.2 Å². The highest BCUT2D eigenvalue weighted by molar-refractivity contribution is 14.1. The van der Waals surface area contributed by atoms with Crippen molar-refractivity contribution in [3.05, 3.63) is 27.3 Å². The van der Waals surface area contributed by atoms with E-state index in [1.165, 1.54) is 11.8 Å². The van der Waals surface area contributed by atoms with Crippen molar-refractivity contribution in [1.29, 1.82) is 0 Å². The molecule has 5 unspecified atom stereocenters. The molecule has 2 fully saturated rings. The van der Waals surface area contributed by atoms with Gasteiger partial charge in [-0.3, -0.25) is 9.35 Å². The lowest BCUT2D eigenvalue weighted by Gasteiger charge is -2.40. The van der Waals surface area contributed by atoms with Crippen LogP contribution >= 0.6 is 34.4 Å². The van der Waals surface area contributed by atoms with Gasteiger partial charge in [-0.05, 0) is 47.2 Å². The van der Waals surface area contributed by atoms with Gasteiger partial charge in [0.05, 0.1) is 17.8 Å². The molecule has 14 heteroatoms. The van der Waals surface area contributed by atoms with E-state index in [2.05, 4.69) is 22.6 Å². The van der Waals surface area contributed by atoms with E-state index >= 15 is 0 Å². The summed E-state index contributed by atoms with van der Waals surface area (Å²) in [5, 5.41) is -5.69. The molecule has 4 rings (SSSR count). The molecule has 3 aliphatic rings. The lowest BCUT2D eigenvalue weighted by Crippen LogP contribution is -2.53. The number of hydrogen-bond acceptors (Lipinski definition) is 8. The number of carbonyl (C=O) groups excluding carboxylic acids is 2. The Morgan fingerprint density at radius 2 is 2.12 bits per heavy atom. The SMILES string of the molecule is O=C1OC2(CC3SC2CC3C(=O)OCCC(F)C(F)(F)S(=O)(=O)O)Oc2cc(I)ccc21. The van der Waals surface area contributed by atoms with Crippen molar-refractivity contribution in [2.45, 2.75) is 47.0 Å². The predicted octanol–water partition coefficient (Wildman–Crippen LogP) is 3.18. The summed E-state index contributed by atoms with van der Waals surface area (Å²) in [5.41, 5.74) is 0.308. The second-order valence-corrected chi connectivity index (χ2v) is 11.8. The lowest BCUT2D eigenvalue weighted by atomic mass is 9.84. The molecule has 5 atom stereocenters. The molecule has 0 saturated carbocycles. The molecule has 1 N–H and O–H groups in total. The summed E-state index contributed by atoms with van der Waals surface area (Å²) in [7, 11) is -5.93. The third kappa shape index (κ3) is 4.07. The first kappa shape index (κ1) is 23.9. The second kappa shape index (κ2) is 8.20. The van der Waals surface area contributed by atoms with Crippen LogP contribution in [0.15, 0.2) is 18.2 Å². The van der Waals surface area contributed by atoms with Crippen molar-refractivity contribution >= 4 is 56.4 Å². The van der Waals surface area contributed by atoms with Crippen LogP contribution in [0.2, 0.25) is 0 Å². The first-order chi connectivity index (χ1) is 14.8. The van der Waals surface area contributed by atoms with E-state index in [0.717, 1.165) is 3.57 Å². The number of esters is 2. The Bertz CT molecular complexity index is 1070. The van der Waals surface area contributed by atoms with Crippen molar-refractivity contribution in [3.8, 4) is 5.75 Å². The van der Waals surface area contributed by atoms with Gasteiger partial charge in [0.15, 0.2) is 6.17 Å². The molecule has 3 heterocycles. The zero-order chi connectivity index (χ0) is 23.5. The number of fused-ring (bicyclic) bond motifs is 4. The maximum Gasteiger partial charge on any atom is 0.400 e. The quantitative estimate of drug-likeness (QED) is 0.296. The van der Waals surface area contributed by atoms with Gasteiger partial charge in [-0.15, -0.1) is 11.8 Å². The Morgan fingerprint density at radius 3 is 2.75 bits per heavy atom. The molecule has 2 saturated heterocycles. The number of ether oxygens (including phenoxy) is 3. The van der Waals surface area contributed by atoms with Crippen LogP contribution in [0.3, 0.4) is 0 Å². The highest BCUT2D eigenvalue weighted by Gasteiger charge is 2.64. The highest BCUT2D eigenvalue weighted by atomic mass is 127. The van der Waals surface area contributed by atoms with E-state index in [1.807, 2.05) is 0 Å². The number of carbonyl (C=O) groups is 2. The molecule has 0 aromatic heterocycles. The number of halogens is 4. The standard InChI is InChI=1S/C18H16F3IO8S2/c19-13(18(20,21)32(25,26)27)3-4-28-15(23)10-6-14-17(7-12(10)31-14)29-11-5-8(22)1-2-9(11)16(24)30-17/h1-2,5,10,12-14H,3-4,6-7H2,(H,25,26,27). The van der Waals surface area contributed by atoms with Gasteiger partial charge in [-0.1, -0.05) is 0 Å². The fraction of sp³-hybridized carbons (Fsp3) is 0.556. The summed E-state index contributed by atoms with van der Waals surface area (Å²) in [4.78, 5) is 24.8. The topological polar surface area (TPSA) is 116 Å². The molecule has 1 spiro atoms. The Kier molecular flexibility index (Phi) is 6.12. The fourth-order valence-electron chi connectivity index (χ4n) is 3.96. The number of rotatable bonds is 6. The maximum atomic E-state index is 13.5. The van der Waals surface area contributed by atoms with Crippen LogP contribution in [0.4, 0.5) is 13.2 Å². The first-order valence-corrected chi connectivity index (χ1v) is 12.8. The Balaban J connectivity index is 1.35. The number of hydrogen-bond donors (Lipinski definition) is 1. The van der Waals surface area contributed by atoms with E-state index in [-0.39, 0.29) is 23.3 Å². The predicted molar refractivity (Wildman–Crippen MR) is 113 cm³/mol. The minimum Gasteiger partial charge on any atom is -0.465 e. The van der Waals surface area contributed by atoms with E-state index < -0.39 is 58.2 Å². The van der Waals surface area contributed by atoms with Crippen LogP contribution in [0, 0.1) is 9.49 Å². The minimum absolute atomic E-state index is 0.214. The molecule has 32 heavy (non-hydrogen) atoms.